The quantitative estimate of drug-likeness (QED) is 0.815. The van der Waals surface area contributed by atoms with Crippen LogP contribution in [0.5, 0.6) is 0 Å². The predicted molar refractivity (Wildman–Crippen MR) is 59.9 cm³/mol. The highest BCUT2D eigenvalue weighted by molar-refractivity contribution is 9.10. The molecular formula is C10H14BrN3. The summed E-state index contributed by atoms with van der Waals surface area (Å²) in [5.74, 6) is 0.992. The van der Waals surface area contributed by atoms with E-state index in [1.807, 2.05) is 0 Å². The fourth-order valence-corrected chi connectivity index (χ4v) is 1.98. The Kier molecular flexibility index (Phi) is 3.37. The molecule has 0 saturated heterocycles. The molecule has 2 N–H and O–H groups in total. The van der Waals surface area contributed by atoms with E-state index in [4.69, 9.17) is 0 Å². The minimum Gasteiger partial charge on any atom is -0.336 e. The van der Waals surface area contributed by atoms with Crippen LogP contribution in [0.3, 0.4) is 0 Å². The van der Waals surface area contributed by atoms with Gasteiger partial charge in [0, 0.05) is 6.04 Å². The number of nitrogens with one attached hydrogen (secondary N) is 2. The molecule has 1 aromatic rings. The molecule has 14 heavy (non-hydrogen) atoms. The summed E-state index contributed by atoms with van der Waals surface area (Å²) in [5.41, 5.74) is 0. The molecule has 1 heterocycles. The maximum absolute atomic E-state index is 4.22. The van der Waals surface area contributed by atoms with Crippen LogP contribution < -0.4 is 5.32 Å². The molecule has 1 aliphatic rings. The first-order valence-corrected chi connectivity index (χ1v) is 5.71. The predicted octanol–water partition coefficient (Wildman–Crippen LogP) is 2.37. The highest BCUT2D eigenvalue weighted by atomic mass is 79.9. The summed E-state index contributed by atoms with van der Waals surface area (Å²) < 4.78 is 0.942. The molecule has 0 spiro atoms. The Labute approximate surface area is 92.1 Å². The van der Waals surface area contributed by atoms with Crippen molar-refractivity contribution >= 4 is 15.9 Å². The van der Waals surface area contributed by atoms with Crippen molar-refractivity contribution in [2.75, 3.05) is 0 Å². The molecule has 4 heteroatoms. The zero-order chi connectivity index (χ0) is 9.80. The fraction of sp³-hybridized carbons (Fsp3) is 0.500. The minimum absolute atomic E-state index is 0.615. The van der Waals surface area contributed by atoms with Crippen LogP contribution in [-0.2, 0) is 6.54 Å². The van der Waals surface area contributed by atoms with E-state index < -0.39 is 0 Å². The molecule has 0 saturated carbocycles. The van der Waals surface area contributed by atoms with Crippen LogP contribution in [0.15, 0.2) is 23.0 Å². The van der Waals surface area contributed by atoms with Crippen molar-refractivity contribution in [3.8, 4) is 0 Å². The van der Waals surface area contributed by atoms with Gasteiger partial charge in [0.05, 0.1) is 12.7 Å². The molecule has 1 atom stereocenters. The van der Waals surface area contributed by atoms with Crippen molar-refractivity contribution in [2.45, 2.75) is 31.8 Å². The number of aromatic nitrogens is 2. The van der Waals surface area contributed by atoms with Gasteiger partial charge in [0.25, 0.3) is 0 Å². The van der Waals surface area contributed by atoms with E-state index >= 15 is 0 Å². The highest BCUT2D eigenvalue weighted by Gasteiger charge is 2.09. The highest BCUT2D eigenvalue weighted by Crippen LogP contribution is 2.11. The molecule has 0 fully saturated rings. The molecule has 2 rings (SSSR count). The number of aromatic amines is 1. The number of imidazole rings is 1. The average molecular weight is 256 g/mol. The monoisotopic (exact) mass is 255 g/mol. The van der Waals surface area contributed by atoms with Crippen LogP contribution in [-0.4, -0.2) is 16.0 Å². The third-order valence-corrected chi connectivity index (χ3v) is 2.83. The van der Waals surface area contributed by atoms with Crippen molar-refractivity contribution < 1.29 is 0 Å². The number of allylic oxidation sites excluding steroid dienone is 1. The Morgan fingerprint density at radius 3 is 3.14 bits per heavy atom. The number of halogens is 1. The molecule has 0 aliphatic heterocycles. The summed E-state index contributed by atoms with van der Waals surface area (Å²) in [6, 6.07) is 0.615. The molecule has 0 amide bonds. The molecule has 1 unspecified atom stereocenters. The van der Waals surface area contributed by atoms with Gasteiger partial charge in [-0.25, -0.2) is 4.98 Å². The van der Waals surface area contributed by atoms with Crippen molar-refractivity contribution in [1.29, 1.82) is 0 Å². The van der Waals surface area contributed by atoms with Crippen molar-refractivity contribution in [3.05, 3.63) is 28.8 Å². The van der Waals surface area contributed by atoms with E-state index in [-0.39, 0.29) is 0 Å². The summed E-state index contributed by atoms with van der Waals surface area (Å²) in [5, 5.41) is 3.49. The van der Waals surface area contributed by atoms with E-state index in [9.17, 15) is 0 Å². The van der Waals surface area contributed by atoms with Crippen LogP contribution in [0.4, 0.5) is 0 Å². The van der Waals surface area contributed by atoms with Gasteiger partial charge in [-0.1, -0.05) is 12.2 Å². The Bertz CT molecular complexity index is 319. The molecule has 0 radical (unpaired) electrons. The Morgan fingerprint density at radius 2 is 2.50 bits per heavy atom. The van der Waals surface area contributed by atoms with E-state index in [2.05, 4.69) is 43.4 Å². The molecule has 0 bridgehead atoms. The van der Waals surface area contributed by atoms with Gasteiger partial charge in [0.1, 0.15) is 10.4 Å². The fourth-order valence-electron chi connectivity index (χ4n) is 1.65. The summed E-state index contributed by atoms with van der Waals surface area (Å²) in [4.78, 5) is 7.36. The zero-order valence-corrected chi connectivity index (χ0v) is 9.55. The van der Waals surface area contributed by atoms with Gasteiger partial charge in [-0.15, -0.1) is 0 Å². The second kappa shape index (κ2) is 4.75. The first-order valence-electron chi connectivity index (χ1n) is 4.92. The molecule has 1 aliphatic carbocycles. The first-order chi connectivity index (χ1) is 6.84. The molecule has 1 aromatic heterocycles. The van der Waals surface area contributed by atoms with Gasteiger partial charge < -0.3 is 10.3 Å². The van der Waals surface area contributed by atoms with E-state index in [0.29, 0.717) is 6.04 Å². The Hall–Kier alpha value is -0.610. The van der Waals surface area contributed by atoms with Gasteiger partial charge in [0.2, 0.25) is 0 Å². The third-order valence-electron chi connectivity index (χ3n) is 2.42. The minimum atomic E-state index is 0.615. The Morgan fingerprint density at radius 1 is 1.57 bits per heavy atom. The van der Waals surface area contributed by atoms with Crippen molar-refractivity contribution in [2.24, 2.45) is 0 Å². The number of hydrogen-bond acceptors (Lipinski definition) is 2. The summed E-state index contributed by atoms with van der Waals surface area (Å²) >= 11 is 3.34. The third kappa shape index (κ3) is 2.69. The smallest absolute Gasteiger partial charge is 0.120 e. The van der Waals surface area contributed by atoms with Crippen molar-refractivity contribution in [3.63, 3.8) is 0 Å². The maximum atomic E-state index is 4.22. The summed E-state index contributed by atoms with van der Waals surface area (Å²) in [6.07, 6.45) is 9.86. The number of nitrogens with zero attached hydrogens (tertiary/aromatic N) is 1. The number of H-pyrrole nitrogens is 1. The topological polar surface area (TPSA) is 40.7 Å². The largest absolute Gasteiger partial charge is 0.336 e. The zero-order valence-electron chi connectivity index (χ0n) is 7.96. The van der Waals surface area contributed by atoms with E-state index in [1.165, 1.54) is 12.8 Å². The van der Waals surface area contributed by atoms with Gasteiger partial charge in [-0.3, -0.25) is 0 Å². The summed E-state index contributed by atoms with van der Waals surface area (Å²) in [7, 11) is 0. The second-order valence-electron chi connectivity index (χ2n) is 3.54. The maximum Gasteiger partial charge on any atom is 0.120 e. The SMILES string of the molecule is Brc1cnc(CNC2CC=CCC2)[nH]1. The van der Waals surface area contributed by atoms with Crippen LogP contribution >= 0.6 is 15.9 Å². The molecule has 0 aromatic carbocycles. The molecule has 3 nitrogen and oxygen atoms in total. The number of rotatable bonds is 3. The van der Waals surface area contributed by atoms with Crippen LogP contribution in [0.25, 0.3) is 0 Å². The van der Waals surface area contributed by atoms with E-state index in [1.54, 1.807) is 6.20 Å². The number of hydrogen-bond donors (Lipinski definition) is 2. The lowest BCUT2D eigenvalue weighted by Crippen LogP contribution is -2.29. The lowest BCUT2D eigenvalue weighted by molar-refractivity contribution is 0.468. The second-order valence-corrected chi connectivity index (χ2v) is 4.39. The Balaban J connectivity index is 1.79. The van der Waals surface area contributed by atoms with Gasteiger partial charge in [-0.2, -0.15) is 0 Å². The van der Waals surface area contributed by atoms with Gasteiger partial charge >= 0.3 is 0 Å². The summed E-state index contributed by atoms with van der Waals surface area (Å²) in [6.45, 7) is 0.824. The normalized spacial score (nSPS) is 21.4. The van der Waals surface area contributed by atoms with Gasteiger partial charge in [0.15, 0.2) is 0 Å². The van der Waals surface area contributed by atoms with E-state index in [0.717, 1.165) is 23.4 Å². The van der Waals surface area contributed by atoms with Crippen LogP contribution in [0, 0.1) is 0 Å². The standard InChI is InChI=1S/C10H14BrN3/c11-9-6-13-10(14-9)7-12-8-4-2-1-3-5-8/h1-2,6,8,12H,3-5,7H2,(H,13,14). The molecular weight excluding hydrogens is 242 g/mol. The first kappa shape index (κ1) is 9.93. The van der Waals surface area contributed by atoms with Crippen LogP contribution in [0.1, 0.15) is 25.1 Å². The molecule has 76 valence electrons. The van der Waals surface area contributed by atoms with Crippen LogP contribution in [0.2, 0.25) is 0 Å². The van der Waals surface area contributed by atoms with Crippen molar-refractivity contribution in [1.82, 2.24) is 15.3 Å². The lowest BCUT2D eigenvalue weighted by atomic mass is 10.0. The average Bonchev–Trinajstić information content (AvgIpc) is 2.63. The van der Waals surface area contributed by atoms with Gasteiger partial charge in [-0.05, 0) is 35.2 Å². The lowest BCUT2D eigenvalue weighted by Gasteiger charge is -2.18.